The number of aromatic nitrogens is 3. The van der Waals surface area contributed by atoms with E-state index in [0.29, 0.717) is 30.4 Å². The Morgan fingerprint density at radius 2 is 1.93 bits per heavy atom. The van der Waals surface area contributed by atoms with E-state index in [9.17, 15) is 27.6 Å². The number of pyridine rings is 1. The standard InChI is InChI=1S/C18H21F3N4O3/c1-4-13(26)25-7-5-6-10(9-25)12-8-11(18(19,20)21)14-15(22-12)23(2)17(28)24(3)16(14)27/h8,10H,4-7,9H2,1-3H3/t10-/m1/s1. The summed E-state index contributed by atoms with van der Waals surface area (Å²) in [5.74, 6) is -0.461. The van der Waals surface area contributed by atoms with E-state index in [1.807, 2.05) is 0 Å². The first-order valence-corrected chi connectivity index (χ1v) is 9.01. The number of rotatable bonds is 2. The first kappa shape index (κ1) is 20.1. The highest BCUT2D eigenvalue weighted by Gasteiger charge is 2.37. The maximum atomic E-state index is 13.7. The second-order valence-corrected chi connectivity index (χ2v) is 7.03. The van der Waals surface area contributed by atoms with Gasteiger partial charge in [-0.05, 0) is 18.9 Å². The lowest BCUT2D eigenvalue weighted by molar-refractivity contribution is -0.136. The highest BCUT2D eigenvalue weighted by atomic mass is 19.4. The fraction of sp³-hybridized carbons (Fsp3) is 0.556. The highest BCUT2D eigenvalue weighted by molar-refractivity contribution is 5.79. The lowest BCUT2D eigenvalue weighted by Crippen LogP contribution is -2.40. The second-order valence-electron chi connectivity index (χ2n) is 7.03. The molecular formula is C18H21F3N4O3. The van der Waals surface area contributed by atoms with Crippen LogP contribution >= 0.6 is 0 Å². The average Bonchev–Trinajstić information content (AvgIpc) is 2.68. The predicted molar refractivity (Wildman–Crippen MR) is 96.1 cm³/mol. The number of fused-ring (bicyclic) bond motifs is 1. The highest BCUT2D eigenvalue weighted by Crippen LogP contribution is 2.36. The molecule has 7 nitrogen and oxygen atoms in total. The summed E-state index contributed by atoms with van der Waals surface area (Å²) in [7, 11) is 2.42. The summed E-state index contributed by atoms with van der Waals surface area (Å²) < 4.78 is 42.8. The van der Waals surface area contributed by atoms with Gasteiger partial charge in [-0.15, -0.1) is 0 Å². The number of hydrogen-bond acceptors (Lipinski definition) is 4. The summed E-state index contributed by atoms with van der Waals surface area (Å²) in [4.78, 5) is 42.5. The SMILES string of the molecule is CCC(=O)N1CCC[C@@H](c2cc(C(F)(F)F)c3c(=O)n(C)c(=O)n(C)c3n2)C1. The van der Waals surface area contributed by atoms with E-state index < -0.39 is 34.3 Å². The Hall–Kier alpha value is -2.65. The van der Waals surface area contributed by atoms with Crippen LogP contribution in [0.1, 0.15) is 43.4 Å². The Labute approximate surface area is 158 Å². The maximum absolute atomic E-state index is 13.7. The molecule has 1 amide bonds. The number of carbonyl (C=O) groups excluding carboxylic acids is 1. The van der Waals surface area contributed by atoms with Crippen molar-refractivity contribution in [2.24, 2.45) is 14.1 Å². The van der Waals surface area contributed by atoms with Crippen LogP contribution in [0.25, 0.3) is 11.0 Å². The van der Waals surface area contributed by atoms with Gasteiger partial charge in [0.2, 0.25) is 5.91 Å². The monoisotopic (exact) mass is 398 g/mol. The topological polar surface area (TPSA) is 77.2 Å². The molecule has 0 aliphatic carbocycles. The molecule has 0 bridgehead atoms. The van der Waals surface area contributed by atoms with Crippen LogP contribution in [0.15, 0.2) is 15.7 Å². The zero-order valence-electron chi connectivity index (χ0n) is 15.8. The molecule has 2 aromatic heterocycles. The molecule has 3 rings (SSSR count). The van der Waals surface area contributed by atoms with Crippen LogP contribution in [0.5, 0.6) is 0 Å². The van der Waals surface area contributed by atoms with Gasteiger partial charge in [-0.3, -0.25) is 18.7 Å². The molecule has 152 valence electrons. The van der Waals surface area contributed by atoms with Crippen molar-refractivity contribution in [3.8, 4) is 0 Å². The number of alkyl halides is 3. The molecule has 0 radical (unpaired) electrons. The summed E-state index contributed by atoms with van der Waals surface area (Å²) in [5.41, 5.74) is -3.05. The van der Waals surface area contributed by atoms with Gasteiger partial charge < -0.3 is 4.90 Å². The first-order chi connectivity index (χ1) is 13.1. The Morgan fingerprint density at radius 1 is 1.25 bits per heavy atom. The van der Waals surface area contributed by atoms with E-state index in [-0.39, 0.29) is 23.8 Å². The zero-order chi connectivity index (χ0) is 20.8. The number of aryl methyl sites for hydroxylation is 1. The minimum absolute atomic E-state index is 0.0668. The Morgan fingerprint density at radius 3 is 2.54 bits per heavy atom. The fourth-order valence-electron chi connectivity index (χ4n) is 3.68. The molecule has 1 saturated heterocycles. The second kappa shape index (κ2) is 7.06. The van der Waals surface area contributed by atoms with E-state index >= 15 is 0 Å². The number of nitrogens with zero attached hydrogens (tertiary/aromatic N) is 4. The smallest absolute Gasteiger partial charge is 0.342 e. The molecule has 0 unspecified atom stereocenters. The molecule has 10 heteroatoms. The molecule has 28 heavy (non-hydrogen) atoms. The minimum atomic E-state index is -4.78. The van der Waals surface area contributed by atoms with Crippen LogP contribution in [0, 0.1) is 0 Å². The number of likely N-dealkylation sites (tertiary alicyclic amines) is 1. The van der Waals surface area contributed by atoms with E-state index in [4.69, 9.17) is 0 Å². The lowest BCUT2D eigenvalue weighted by Gasteiger charge is -2.32. The van der Waals surface area contributed by atoms with Crippen LogP contribution < -0.4 is 11.2 Å². The van der Waals surface area contributed by atoms with Crippen molar-refractivity contribution in [3.05, 3.63) is 38.2 Å². The number of halogens is 3. The van der Waals surface area contributed by atoms with E-state index in [0.717, 1.165) is 17.7 Å². The van der Waals surface area contributed by atoms with Crippen LogP contribution in [-0.2, 0) is 25.1 Å². The molecule has 1 fully saturated rings. The van der Waals surface area contributed by atoms with Gasteiger partial charge in [0.25, 0.3) is 5.56 Å². The van der Waals surface area contributed by atoms with Crippen molar-refractivity contribution in [2.75, 3.05) is 13.1 Å². The van der Waals surface area contributed by atoms with Gasteiger partial charge >= 0.3 is 11.9 Å². The molecule has 0 spiro atoms. The lowest BCUT2D eigenvalue weighted by atomic mass is 9.92. The number of amides is 1. The Kier molecular flexibility index (Phi) is 5.07. The van der Waals surface area contributed by atoms with Gasteiger partial charge in [0, 0.05) is 45.2 Å². The first-order valence-electron chi connectivity index (χ1n) is 9.01. The molecule has 1 atom stereocenters. The molecule has 0 aromatic carbocycles. The van der Waals surface area contributed by atoms with Crippen LogP contribution in [0.3, 0.4) is 0 Å². The van der Waals surface area contributed by atoms with Crippen molar-refractivity contribution >= 4 is 16.9 Å². The van der Waals surface area contributed by atoms with Crippen LogP contribution in [0.4, 0.5) is 13.2 Å². The fourth-order valence-corrected chi connectivity index (χ4v) is 3.68. The Balaban J connectivity index is 2.24. The third-order valence-corrected chi connectivity index (χ3v) is 5.23. The van der Waals surface area contributed by atoms with Gasteiger partial charge in [-0.25, -0.2) is 9.78 Å². The maximum Gasteiger partial charge on any atom is 0.417 e. The molecule has 0 N–H and O–H groups in total. The predicted octanol–water partition coefficient (Wildman–Crippen LogP) is 1.77. The summed E-state index contributed by atoms with van der Waals surface area (Å²) in [5, 5.41) is -0.627. The van der Waals surface area contributed by atoms with Crippen molar-refractivity contribution in [3.63, 3.8) is 0 Å². The third kappa shape index (κ3) is 3.31. The van der Waals surface area contributed by atoms with Gasteiger partial charge in [0.1, 0.15) is 5.65 Å². The molecule has 1 aliphatic rings. The van der Waals surface area contributed by atoms with E-state index in [1.165, 1.54) is 7.05 Å². The Bertz CT molecular complexity index is 1060. The number of hydrogen-bond donors (Lipinski definition) is 0. The minimum Gasteiger partial charge on any atom is -0.342 e. The van der Waals surface area contributed by atoms with Crippen LogP contribution in [-0.4, -0.2) is 38.0 Å². The molecule has 2 aromatic rings. The van der Waals surface area contributed by atoms with Crippen molar-refractivity contribution in [2.45, 2.75) is 38.3 Å². The van der Waals surface area contributed by atoms with E-state index in [2.05, 4.69) is 4.98 Å². The number of piperidine rings is 1. The summed E-state index contributed by atoms with van der Waals surface area (Å²) in [6.07, 6.45) is -3.25. The number of carbonyl (C=O) groups is 1. The van der Waals surface area contributed by atoms with Gasteiger partial charge in [0.05, 0.1) is 10.9 Å². The molecular weight excluding hydrogens is 377 g/mol. The molecule has 0 saturated carbocycles. The van der Waals surface area contributed by atoms with Crippen molar-refractivity contribution in [1.82, 2.24) is 19.0 Å². The quantitative estimate of drug-likeness (QED) is 0.773. The van der Waals surface area contributed by atoms with Crippen molar-refractivity contribution in [1.29, 1.82) is 0 Å². The van der Waals surface area contributed by atoms with Gasteiger partial charge in [0.15, 0.2) is 0 Å². The summed E-state index contributed by atoms with van der Waals surface area (Å²) in [6.45, 7) is 2.55. The molecule has 3 heterocycles. The third-order valence-electron chi connectivity index (χ3n) is 5.23. The molecule has 1 aliphatic heterocycles. The van der Waals surface area contributed by atoms with Crippen LogP contribution in [0.2, 0.25) is 0 Å². The van der Waals surface area contributed by atoms with Crippen molar-refractivity contribution < 1.29 is 18.0 Å². The van der Waals surface area contributed by atoms with Gasteiger partial charge in [-0.2, -0.15) is 13.2 Å². The summed E-state index contributed by atoms with van der Waals surface area (Å²) in [6, 6.07) is 0.888. The van der Waals surface area contributed by atoms with E-state index in [1.54, 1.807) is 11.8 Å². The summed E-state index contributed by atoms with van der Waals surface area (Å²) >= 11 is 0. The normalized spacial score (nSPS) is 17.9. The zero-order valence-corrected chi connectivity index (χ0v) is 15.8. The average molecular weight is 398 g/mol. The largest absolute Gasteiger partial charge is 0.417 e. The van der Waals surface area contributed by atoms with Gasteiger partial charge in [-0.1, -0.05) is 6.92 Å².